The van der Waals surface area contributed by atoms with E-state index in [4.69, 9.17) is 4.74 Å². The van der Waals surface area contributed by atoms with Crippen molar-refractivity contribution in [2.45, 2.75) is 44.5 Å². The van der Waals surface area contributed by atoms with E-state index < -0.39 is 0 Å². The van der Waals surface area contributed by atoms with Crippen molar-refractivity contribution in [2.75, 3.05) is 7.11 Å². The lowest BCUT2D eigenvalue weighted by Crippen LogP contribution is -2.37. The summed E-state index contributed by atoms with van der Waals surface area (Å²) in [5.74, 6) is 0.757. The molecule has 3 heterocycles. The minimum Gasteiger partial charge on any atom is -0.496 e. The highest BCUT2D eigenvalue weighted by atomic mass is 16.5. The van der Waals surface area contributed by atoms with Gasteiger partial charge in [-0.05, 0) is 42.2 Å². The summed E-state index contributed by atoms with van der Waals surface area (Å²) < 4.78 is 5.30. The molecular weight excluding hydrogens is 288 g/mol. The number of nitrogens with zero attached hydrogens (tertiary/aromatic N) is 2. The molecule has 1 fully saturated rings. The fourth-order valence-electron chi connectivity index (χ4n) is 4.14. The summed E-state index contributed by atoms with van der Waals surface area (Å²) in [7, 11) is 1.64. The summed E-state index contributed by atoms with van der Waals surface area (Å²) in [6.45, 7) is 0.928. The van der Waals surface area contributed by atoms with Gasteiger partial charge in [0.15, 0.2) is 0 Å². The molecule has 2 aromatic rings. The minimum atomic E-state index is 0.0105. The number of fused-ring (bicyclic) bond motifs is 4. The van der Waals surface area contributed by atoms with Gasteiger partial charge in [0.1, 0.15) is 5.75 Å². The average molecular weight is 310 g/mol. The van der Waals surface area contributed by atoms with Gasteiger partial charge in [-0.25, -0.2) is 0 Å². The summed E-state index contributed by atoms with van der Waals surface area (Å²) in [4.78, 5) is 7.18. The number of aliphatic hydroxyl groups is 1. The molecule has 4 heteroatoms. The van der Waals surface area contributed by atoms with Crippen molar-refractivity contribution in [1.29, 1.82) is 0 Å². The van der Waals surface area contributed by atoms with E-state index in [9.17, 15) is 5.11 Å². The van der Waals surface area contributed by atoms with Crippen LogP contribution in [0.1, 0.15) is 41.3 Å². The van der Waals surface area contributed by atoms with Gasteiger partial charge < -0.3 is 9.84 Å². The third-order valence-corrected chi connectivity index (χ3v) is 5.24. The van der Waals surface area contributed by atoms with Crippen molar-refractivity contribution in [1.82, 2.24) is 9.88 Å². The normalized spacial score (nSPS) is 22.9. The van der Waals surface area contributed by atoms with Crippen LogP contribution in [0.5, 0.6) is 5.75 Å². The number of aliphatic hydroxyl groups excluding tert-OH is 1. The SMILES string of the molecule is COc1ccc(CN2C3CCC2c2cccnc2C3)cc1CO. The van der Waals surface area contributed by atoms with Crippen LogP contribution < -0.4 is 4.74 Å². The van der Waals surface area contributed by atoms with Gasteiger partial charge in [0.2, 0.25) is 0 Å². The fourth-order valence-corrected chi connectivity index (χ4v) is 4.14. The van der Waals surface area contributed by atoms with Gasteiger partial charge in [0.25, 0.3) is 0 Å². The molecule has 1 saturated heterocycles. The monoisotopic (exact) mass is 310 g/mol. The van der Waals surface area contributed by atoms with E-state index in [1.165, 1.54) is 29.7 Å². The smallest absolute Gasteiger partial charge is 0.124 e. The van der Waals surface area contributed by atoms with E-state index in [2.05, 4.69) is 28.1 Å². The highest BCUT2D eigenvalue weighted by Crippen LogP contribution is 2.43. The lowest BCUT2D eigenvalue weighted by molar-refractivity contribution is 0.166. The van der Waals surface area contributed by atoms with Gasteiger partial charge in [0.05, 0.1) is 13.7 Å². The Hall–Kier alpha value is -1.91. The number of rotatable bonds is 4. The quantitative estimate of drug-likeness (QED) is 0.943. The topological polar surface area (TPSA) is 45.6 Å². The molecule has 0 radical (unpaired) electrons. The first-order valence-electron chi connectivity index (χ1n) is 8.26. The van der Waals surface area contributed by atoms with Crippen molar-refractivity contribution in [2.24, 2.45) is 0 Å². The van der Waals surface area contributed by atoms with Gasteiger partial charge in [-0.15, -0.1) is 0 Å². The molecule has 0 saturated carbocycles. The van der Waals surface area contributed by atoms with Crippen LogP contribution in [0.4, 0.5) is 0 Å². The Morgan fingerprint density at radius 1 is 1.30 bits per heavy atom. The van der Waals surface area contributed by atoms with Crippen LogP contribution in [-0.4, -0.2) is 28.1 Å². The summed E-state index contributed by atoms with van der Waals surface area (Å²) in [5.41, 5.74) is 4.77. The van der Waals surface area contributed by atoms with E-state index in [0.29, 0.717) is 12.1 Å². The highest BCUT2D eigenvalue weighted by molar-refractivity contribution is 5.37. The van der Waals surface area contributed by atoms with Gasteiger partial charge in [-0.1, -0.05) is 12.1 Å². The molecule has 23 heavy (non-hydrogen) atoms. The van der Waals surface area contributed by atoms with E-state index in [-0.39, 0.29) is 6.61 Å². The highest BCUT2D eigenvalue weighted by Gasteiger charge is 2.40. The molecule has 4 rings (SSSR count). The zero-order valence-corrected chi connectivity index (χ0v) is 13.4. The summed E-state index contributed by atoms with van der Waals surface area (Å²) in [6.07, 6.45) is 5.41. The Bertz CT molecular complexity index is 716. The molecular formula is C19H22N2O2. The molecule has 1 aromatic heterocycles. The number of ether oxygens (including phenoxy) is 1. The second-order valence-electron chi connectivity index (χ2n) is 6.47. The third-order valence-electron chi connectivity index (χ3n) is 5.24. The molecule has 1 N–H and O–H groups in total. The van der Waals surface area contributed by atoms with Crippen LogP contribution in [0.2, 0.25) is 0 Å². The number of pyridine rings is 1. The van der Waals surface area contributed by atoms with Crippen LogP contribution in [-0.2, 0) is 19.6 Å². The number of benzene rings is 1. The second-order valence-corrected chi connectivity index (χ2v) is 6.47. The van der Waals surface area contributed by atoms with Crippen LogP contribution >= 0.6 is 0 Å². The summed E-state index contributed by atoms with van der Waals surface area (Å²) in [6, 6.07) is 11.5. The molecule has 1 aromatic carbocycles. The van der Waals surface area contributed by atoms with Crippen molar-refractivity contribution in [3.05, 3.63) is 58.9 Å². The summed E-state index contributed by atoms with van der Waals surface area (Å²) >= 11 is 0. The maximum atomic E-state index is 9.52. The van der Waals surface area contributed by atoms with Crippen molar-refractivity contribution >= 4 is 0 Å². The molecule has 0 spiro atoms. The average Bonchev–Trinajstić information content (AvgIpc) is 2.87. The fraction of sp³-hybridized carbons (Fsp3) is 0.421. The maximum Gasteiger partial charge on any atom is 0.124 e. The van der Waals surface area contributed by atoms with E-state index in [1.807, 2.05) is 18.3 Å². The molecule has 2 aliphatic rings. The summed E-state index contributed by atoms with van der Waals surface area (Å²) in [5, 5.41) is 9.52. The molecule has 2 atom stereocenters. The maximum absolute atomic E-state index is 9.52. The lowest BCUT2D eigenvalue weighted by atomic mass is 9.97. The van der Waals surface area contributed by atoms with Gasteiger partial charge in [0, 0.05) is 42.5 Å². The Kier molecular flexibility index (Phi) is 3.79. The number of aromatic nitrogens is 1. The molecule has 2 bridgehead atoms. The third kappa shape index (κ3) is 2.52. The Balaban J connectivity index is 1.61. The molecule has 0 amide bonds. The standard InChI is InChI=1S/C19H22N2O2/c1-23-19-7-4-13(9-14(19)12-22)11-21-15-5-6-18(21)16-3-2-8-20-17(16)10-15/h2-4,7-9,15,18,22H,5-6,10-12H2,1H3. The lowest BCUT2D eigenvalue weighted by Gasteiger charge is -2.35. The predicted molar refractivity (Wildman–Crippen MR) is 88.2 cm³/mol. The van der Waals surface area contributed by atoms with Gasteiger partial charge >= 0.3 is 0 Å². The molecule has 4 nitrogen and oxygen atoms in total. The van der Waals surface area contributed by atoms with Crippen LogP contribution in [0.25, 0.3) is 0 Å². The van der Waals surface area contributed by atoms with Crippen molar-refractivity contribution in [3.8, 4) is 5.75 Å². The Morgan fingerprint density at radius 2 is 2.22 bits per heavy atom. The van der Waals surface area contributed by atoms with Crippen molar-refractivity contribution in [3.63, 3.8) is 0 Å². The van der Waals surface area contributed by atoms with Crippen molar-refractivity contribution < 1.29 is 9.84 Å². The van der Waals surface area contributed by atoms with Gasteiger partial charge in [-0.2, -0.15) is 0 Å². The Labute approximate surface area is 136 Å². The molecule has 2 unspecified atom stereocenters. The molecule has 120 valence electrons. The first-order valence-corrected chi connectivity index (χ1v) is 8.26. The van der Waals surface area contributed by atoms with Crippen LogP contribution in [0, 0.1) is 0 Å². The van der Waals surface area contributed by atoms with Crippen LogP contribution in [0.3, 0.4) is 0 Å². The second kappa shape index (κ2) is 5.95. The Morgan fingerprint density at radius 3 is 3.04 bits per heavy atom. The van der Waals surface area contributed by atoms with E-state index >= 15 is 0 Å². The molecule has 0 aliphatic carbocycles. The van der Waals surface area contributed by atoms with Crippen LogP contribution in [0.15, 0.2) is 36.5 Å². The largest absolute Gasteiger partial charge is 0.496 e. The predicted octanol–water partition coefficient (Wildman–Crippen LogP) is 2.84. The first kappa shape index (κ1) is 14.7. The number of hydrogen-bond donors (Lipinski definition) is 1. The van der Waals surface area contributed by atoms with Gasteiger partial charge in [-0.3, -0.25) is 9.88 Å². The molecule has 2 aliphatic heterocycles. The first-order chi connectivity index (χ1) is 11.3. The van der Waals surface area contributed by atoms with E-state index in [1.54, 1.807) is 7.11 Å². The zero-order valence-electron chi connectivity index (χ0n) is 13.4. The number of hydrogen-bond acceptors (Lipinski definition) is 4. The zero-order chi connectivity index (χ0) is 15.8. The van der Waals surface area contributed by atoms with E-state index in [0.717, 1.165) is 24.3 Å². The minimum absolute atomic E-state index is 0.0105. The number of methoxy groups -OCH3 is 1.